The Hall–Kier alpha value is -1.08. The summed E-state index contributed by atoms with van der Waals surface area (Å²) < 4.78 is 5.35. The Morgan fingerprint density at radius 2 is 2.05 bits per heavy atom. The number of rotatable bonds is 4. The lowest BCUT2D eigenvalue weighted by molar-refractivity contribution is -0.138. The van der Waals surface area contributed by atoms with E-state index in [1.54, 1.807) is 11.8 Å². The van der Waals surface area contributed by atoms with E-state index in [2.05, 4.69) is 34.5 Å². The molecular weight excluding hydrogens is 288 g/mol. The molecule has 2 fully saturated rings. The maximum atomic E-state index is 11.0. The molecule has 0 amide bonds. The van der Waals surface area contributed by atoms with Crippen molar-refractivity contribution in [3.63, 3.8) is 0 Å². The molecule has 0 radical (unpaired) electrons. The molecule has 2 heterocycles. The van der Waals surface area contributed by atoms with Gasteiger partial charge in [-0.1, -0.05) is 24.3 Å². The van der Waals surface area contributed by atoms with Gasteiger partial charge in [0.05, 0.1) is 18.6 Å². The van der Waals surface area contributed by atoms with Crippen LogP contribution in [0.5, 0.6) is 0 Å². The van der Waals surface area contributed by atoms with Gasteiger partial charge in [-0.3, -0.25) is 15.0 Å². The van der Waals surface area contributed by atoms with Gasteiger partial charge < -0.3 is 9.84 Å². The second-order valence-electron chi connectivity index (χ2n) is 5.40. The zero-order valence-corrected chi connectivity index (χ0v) is 12.6. The second kappa shape index (κ2) is 6.79. The number of hydrogen-bond acceptors (Lipinski definition) is 5. The minimum atomic E-state index is -0.770. The molecule has 21 heavy (non-hydrogen) atoms. The van der Waals surface area contributed by atoms with Crippen LogP contribution in [-0.2, 0) is 16.1 Å². The van der Waals surface area contributed by atoms with Crippen molar-refractivity contribution in [1.82, 2.24) is 10.2 Å². The predicted molar refractivity (Wildman–Crippen MR) is 82.3 cm³/mol. The van der Waals surface area contributed by atoms with Crippen molar-refractivity contribution in [1.29, 1.82) is 0 Å². The molecular formula is C15H20N2O3S. The van der Waals surface area contributed by atoms with Crippen molar-refractivity contribution in [2.24, 2.45) is 0 Å². The van der Waals surface area contributed by atoms with E-state index < -0.39 is 12.0 Å². The van der Waals surface area contributed by atoms with Gasteiger partial charge in [-0.2, -0.15) is 0 Å². The Balaban J connectivity index is 1.58. The van der Waals surface area contributed by atoms with E-state index >= 15 is 0 Å². The van der Waals surface area contributed by atoms with Gasteiger partial charge >= 0.3 is 5.97 Å². The van der Waals surface area contributed by atoms with E-state index in [0.717, 1.165) is 38.4 Å². The van der Waals surface area contributed by atoms with Gasteiger partial charge in [-0.05, 0) is 11.1 Å². The number of thioether (sulfide) groups is 1. The van der Waals surface area contributed by atoms with Gasteiger partial charge in [0, 0.05) is 25.4 Å². The first-order chi connectivity index (χ1) is 10.2. The number of benzene rings is 1. The van der Waals surface area contributed by atoms with E-state index in [1.807, 2.05) is 0 Å². The number of carboxylic acid groups (broad SMARTS) is 1. The van der Waals surface area contributed by atoms with Crippen LogP contribution >= 0.6 is 11.8 Å². The zero-order chi connectivity index (χ0) is 14.7. The quantitative estimate of drug-likeness (QED) is 0.874. The second-order valence-corrected chi connectivity index (χ2v) is 6.54. The number of aliphatic carboxylic acids is 1. The zero-order valence-electron chi connectivity index (χ0n) is 11.8. The molecule has 0 spiro atoms. The monoisotopic (exact) mass is 308 g/mol. The van der Waals surface area contributed by atoms with Crippen LogP contribution in [-0.4, -0.2) is 54.1 Å². The van der Waals surface area contributed by atoms with E-state index in [9.17, 15) is 4.79 Å². The average molecular weight is 308 g/mol. The molecule has 6 heteroatoms. The molecule has 0 aromatic heterocycles. The smallest absolute Gasteiger partial charge is 0.321 e. The number of nitrogens with one attached hydrogen (secondary N) is 1. The van der Waals surface area contributed by atoms with Gasteiger partial charge in [-0.25, -0.2) is 0 Å². The van der Waals surface area contributed by atoms with Gasteiger partial charge in [0.25, 0.3) is 0 Å². The number of morpholine rings is 1. The third kappa shape index (κ3) is 3.77. The summed E-state index contributed by atoms with van der Waals surface area (Å²) in [7, 11) is 0. The molecule has 1 aromatic carbocycles. The Kier molecular flexibility index (Phi) is 4.80. The topological polar surface area (TPSA) is 61.8 Å². The number of ether oxygens (including phenoxy) is 1. The number of carbonyl (C=O) groups is 1. The molecule has 2 saturated heterocycles. The summed E-state index contributed by atoms with van der Waals surface area (Å²) in [5.74, 6) is -0.149. The van der Waals surface area contributed by atoms with Crippen molar-refractivity contribution >= 4 is 17.7 Å². The van der Waals surface area contributed by atoms with Crippen LogP contribution in [0.2, 0.25) is 0 Å². The summed E-state index contributed by atoms with van der Waals surface area (Å²) in [6.07, 6.45) is 0. The SMILES string of the molecule is O=C(O)C1CSC(c2ccc(CN3CCOCC3)cc2)N1. The molecule has 2 aliphatic rings. The van der Waals surface area contributed by atoms with Crippen LogP contribution < -0.4 is 5.32 Å². The Morgan fingerprint density at radius 1 is 1.33 bits per heavy atom. The first kappa shape index (κ1) is 14.8. The predicted octanol–water partition coefficient (Wildman–Crippen LogP) is 1.31. The highest BCUT2D eigenvalue weighted by molar-refractivity contribution is 7.99. The molecule has 2 unspecified atom stereocenters. The fourth-order valence-electron chi connectivity index (χ4n) is 2.62. The van der Waals surface area contributed by atoms with Crippen LogP contribution in [0.4, 0.5) is 0 Å². The molecule has 2 atom stereocenters. The van der Waals surface area contributed by atoms with E-state index in [-0.39, 0.29) is 5.37 Å². The van der Waals surface area contributed by atoms with Crippen molar-refractivity contribution < 1.29 is 14.6 Å². The van der Waals surface area contributed by atoms with Crippen LogP contribution in [0.3, 0.4) is 0 Å². The molecule has 0 saturated carbocycles. The highest BCUT2D eigenvalue weighted by atomic mass is 32.2. The van der Waals surface area contributed by atoms with Crippen LogP contribution in [0.25, 0.3) is 0 Å². The molecule has 2 N–H and O–H groups in total. The molecule has 0 bridgehead atoms. The standard InChI is InChI=1S/C15H20N2O3S/c18-15(19)13-10-21-14(16-13)12-3-1-11(2-4-12)9-17-5-7-20-8-6-17/h1-4,13-14,16H,5-10H2,(H,18,19). The number of hydrogen-bond donors (Lipinski definition) is 2. The summed E-state index contributed by atoms with van der Waals surface area (Å²) in [6, 6.07) is 8.05. The van der Waals surface area contributed by atoms with E-state index in [4.69, 9.17) is 9.84 Å². The fraction of sp³-hybridized carbons (Fsp3) is 0.533. The lowest BCUT2D eigenvalue weighted by atomic mass is 10.1. The molecule has 5 nitrogen and oxygen atoms in total. The fourth-order valence-corrected chi connectivity index (χ4v) is 3.86. The van der Waals surface area contributed by atoms with Gasteiger partial charge in [-0.15, -0.1) is 11.8 Å². The van der Waals surface area contributed by atoms with Crippen LogP contribution in [0.1, 0.15) is 16.5 Å². The van der Waals surface area contributed by atoms with E-state index in [0.29, 0.717) is 5.75 Å². The Bertz CT molecular complexity index is 488. The minimum Gasteiger partial charge on any atom is -0.480 e. The van der Waals surface area contributed by atoms with Gasteiger partial charge in [0.2, 0.25) is 0 Å². The van der Waals surface area contributed by atoms with Gasteiger partial charge in [0.1, 0.15) is 6.04 Å². The Labute approximate surface area is 128 Å². The lowest BCUT2D eigenvalue weighted by Crippen LogP contribution is -2.35. The number of nitrogens with zero attached hydrogens (tertiary/aromatic N) is 1. The number of carboxylic acids is 1. The van der Waals surface area contributed by atoms with Crippen LogP contribution in [0, 0.1) is 0 Å². The van der Waals surface area contributed by atoms with Gasteiger partial charge in [0.15, 0.2) is 0 Å². The summed E-state index contributed by atoms with van der Waals surface area (Å²) in [6.45, 7) is 4.56. The first-order valence-electron chi connectivity index (χ1n) is 7.22. The maximum Gasteiger partial charge on any atom is 0.321 e. The third-order valence-corrected chi connectivity index (χ3v) is 5.14. The largest absolute Gasteiger partial charge is 0.480 e. The highest BCUT2D eigenvalue weighted by Gasteiger charge is 2.30. The third-order valence-electron chi connectivity index (χ3n) is 3.87. The lowest BCUT2D eigenvalue weighted by Gasteiger charge is -2.26. The van der Waals surface area contributed by atoms with E-state index in [1.165, 1.54) is 5.56 Å². The first-order valence-corrected chi connectivity index (χ1v) is 8.26. The molecule has 0 aliphatic carbocycles. The molecule has 3 rings (SSSR count). The summed E-state index contributed by atoms with van der Waals surface area (Å²) in [5.41, 5.74) is 2.44. The Morgan fingerprint density at radius 3 is 2.67 bits per heavy atom. The molecule has 1 aromatic rings. The highest BCUT2D eigenvalue weighted by Crippen LogP contribution is 2.32. The molecule has 2 aliphatic heterocycles. The summed E-state index contributed by atoms with van der Waals surface area (Å²) in [5, 5.41) is 12.2. The molecule has 114 valence electrons. The summed E-state index contributed by atoms with van der Waals surface area (Å²) >= 11 is 1.65. The average Bonchev–Trinajstić information content (AvgIpc) is 2.99. The summed E-state index contributed by atoms with van der Waals surface area (Å²) in [4.78, 5) is 13.4. The maximum absolute atomic E-state index is 11.0. The van der Waals surface area contributed by atoms with Crippen molar-refractivity contribution in [2.45, 2.75) is 18.0 Å². The van der Waals surface area contributed by atoms with Crippen LogP contribution in [0.15, 0.2) is 24.3 Å². The minimum absolute atomic E-state index is 0.0866. The van der Waals surface area contributed by atoms with Crippen molar-refractivity contribution in [2.75, 3.05) is 32.1 Å². The van der Waals surface area contributed by atoms with Crippen molar-refractivity contribution in [3.05, 3.63) is 35.4 Å². The van der Waals surface area contributed by atoms with Crippen molar-refractivity contribution in [3.8, 4) is 0 Å². The normalized spacial score (nSPS) is 26.9.